The average Bonchev–Trinajstić information content (AvgIpc) is 2.12. The number of Topliss-reactive ketones (excluding diaryl/α,β-unsaturated/α-hetero) is 1. The van der Waals surface area contributed by atoms with E-state index < -0.39 is 0 Å². The minimum absolute atomic E-state index is 0.0867. The van der Waals surface area contributed by atoms with E-state index in [4.69, 9.17) is 0 Å². The fraction of sp³-hybridized carbons (Fsp3) is 0.533. The van der Waals surface area contributed by atoms with Crippen molar-refractivity contribution >= 4 is 5.78 Å². The number of hydrogen-bond acceptors (Lipinski definition) is 1. The summed E-state index contributed by atoms with van der Waals surface area (Å²) >= 11 is 0. The topological polar surface area (TPSA) is 17.1 Å². The molecule has 0 amide bonds. The van der Waals surface area contributed by atoms with Crippen LogP contribution < -0.4 is 0 Å². The summed E-state index contributed by atoms with van der Waals surface area (Å²) in [5.74, 6) is 0.442. The van der Waals surface area contributed by atoms with Gasteiger partial charge >= 0.3 is 0 Å². The van der Waals surface area contributed by atoms with Crippen molar-refractivity contribution < 1.29 is 4.79 Å². The monoisotopic (exact) mass is 218 g/mol. The van der Waals surface area contributed by atoms with Crippen LogP contribution in [-0.2, 0) is 4.79 Å². The second-order valence-corrected chi connectivity index (χ2v) is 5.57. The first-order chi connectivity index (χ1) is 7.25. The van der Waals surface area contributed by atoms with E-state index in [-0.39, 0.29) is 11.3 Å². The summed E-state index contributed by atoms with van der Waals surface area (Å²) in [4.78, 5) is 12.0. The zero-order valence-electron chi connectivity index (χ0n) is 11.1. The van der Waals surface area contributed by atoms with Crippen LogP contribution in [-0.4, -0.2) is 5.78 Å². The lowest BCUT2D eigenvalue weighted by molar-refractivity contribution is -0.120. The molecule has 0 aromatic heterocycles. The van der Waals surface area contributed by atoms with Gasteiger partial charge < -0.3 is 0 Å². The van der Waals surface area contributed by atoms with Crippen molar-refractivity contribution in [1.29, 1.82) is 0 Å². The highest BCUT2D eigenvalue weighted by Crippen LogP contribution is 2.41. The lowest BCUT2D eigenvalue weighted by Gasteiger charge is -2.35. The molecule has 1 aliphatic carbocycles. The van der Waals surface area contributed by atoms with Crippen LogP contribution in [0, 0.1) is 11.3 Å². The van der Waals surface area contributed by atoms with Crippen LogP contribution in [0.15, 0.2) is 35.5 Å². The molecule has 0 bridgehead atoms. The standard InChI is InChI=1S/C15H22O/c1-10(2)7-8-13-12(4)14(16)11(3)9-15(13,5)6/h7-8,11H,1,9H2,2-6H3/b8-7+. The molecular weight excluding hydrogens is 196 g/mol. The Labute approximate surface area is 98.9 Å². The van der Waals surface area contributed by atoms with Crippen molar-refractivity contribution in [3.8, 4) is 0 Å². The second kappa shape index (κ2) is 4.40. The van der Waals surface area contributed by atoms with E-state index in [0.29, 0.717) is 5.78 Å². The highest BCUT2D eigenvalue weighted by Gasteiger charge is 2.35. The molecule has 0 heterocycles. The maximum Gasteiger partial charge on any atom is 0.161 e. The Balaban J connectivity index is 3.19. The predicted octanol–water partition coefficient (Wildman–Crippen LogP) is 4.07. The summed E-state index contributed by atoms with van der Waals surface area (Å²) in [6.45, 7) is 14.2. The van der Waals surface area contributed by atoms with Crippen LogP contribution in [0.4, 0.5) is 0 Å². The molecule has 1 heteroatoms. The van der Waals surface area contributed by atoms with Gasteiger partial charge in [0.2, 0.25) is 0 Å². The van der Waals surface area contributed by atoms with Crippen LogP contribution in [0.1, 0.15) is 41.0 Å². The summed E-state index contributed by atoms with van der Waals surface area (Å²) in [6, 6.07) is 0. The maximum atomic E-state index is 12.0. The smallest absolute Gasteiger partial charge is 0.161 e. The van der Waals surface area contributed by atoms with Gasteiger partial charge in [-0.3, -0.25) is 4.79 Å². The molecule has 0 spiro atoms. The fourth-order valence-electron chi connectivity index (χ4n) is 2.55. The Hall–Kier alpha value is -1.11. The Morgan fingerprint density at radius 3 is 2.56 bits per heavy atom. The fourth-order valence-corrected chi connectivity index (χ4v) is 2.55. The minimum atomic E-state index is 0.0867. The van der Waals surface area contributed by atoms with E-state index in [0.717, 1.165) is 17.6 Å². The molecule has 16 heavy (non-hydrogen) atoms. The highest BCUT2D eigenvalue weighted by atomic mass is 16.1. The van der Waals surface area contributed by atoms with Gasteiger partial charge in [0.05, 0.1) is 0 Å². The summed E-state index contributed by atoms with van der Waals surface area (Å²) < 4.78 is 0. The summed E-state index contributed by atoms with van der Waals surface area (Å²) in [6.07, 6.45) is 4.98. The molecule has 0 aromatic carbocycles. The molecule has 88 valence electrons. The van der Waals surface area contributed by atoms with E-state index in [9.17, 15) is 4.79 Å². The van der Waals surface area contributed by atoms with Crippen molar-refractivity contribution in [3.05, 3.63) is 35.5 Å². The Morgan fingerprint density at radius 1 is 1.50 bits per heavy atom. The Morgan fingerprint density at radius 2 is 2.06 bits per heavy atom. The van der Waals surface area contributed by atoms with Crippen molar-refractivity contribution in [3.63, 3.8) is 0 Å². The third-order valence-corrected chi connectivity index (χ3v) is 3.30. The van der Waals surface area contributed by atoms with Gasteiger partial charge in [0.1, 0.15) is 0 Å². The lowest BCUT2D eigenvalue weighted by atomic mass is 9.68. The lowest BCUT2D eigenvalue weighted by Crippen LogP contribution is -2.30. The van der Waals surface area contributed by atoms with E-state index in [1.54, 1.807) is 0 Å². The summed E-state index contributed by atoms with van der Waals surface area (Å²) in [5, 5.41) is 0. The molecule has 0 N–H and O–H groups in total. The summed E-state index contributed by atoms with van der Waals surface area (Å²) in [5.41, 5.74) is 3.19. The second-order valence-electron chi connectivity index (χ2n) is 5.57. The molecule has 1 nitrogen and oxygen atoms in total. The van der Waals surface area contributed by atoms with E-state index in [1.165, 1.54) is 5.57 Å². The van der Waals surface area contributed by atoms with Crippen molar-refractivity contribution in [2.45, 2.75) is 41.0 Å². The molecule has 1 rings (SSSR count). The van der Waals surface area contributed by atoms with Gasteiger partial charge in [0, 0.05) is 5.92 Å². The average molecular weight is 218 g/mol. The molecule has 0 aromatic rings. The third-order valence-electron chi connectivity index (χ3n) is 3.30. The Kier molecular flexibility index (Phi) is 3.57. The number of hydrogen-bond donors (Lipinski definition) is 0. The Bertz CT molecular complexity index is 380. The molecule has 0 saturated heterocycles. The minimum Gasteiger partial charge on any atom is -0.294 e. The zero-order chi connectivity index (χ0) is 12.5. The van der Waals surface area contributed by atoms with Gasteiger partial charge in [-0.25, -0.2) is 0 Å². The van der Waals surface area contributed by atoms with Crippen LogP contribution in [0.25, 0.3) is 0 Å². The van der Waals surface area contributed by atoms with E-state index in [1.807, 2.05) is 26.8 Å². The molecular formula is C15H22O. The van der Waals surface area contributed by atoms with Gasteiger partial charge in [-0.1, -0.05) is 45.1 Å². The largest absolute Gasteiger partial charge is 0.294 e. The number of ketones is 1. The molecule has 0 radical (unpaired) electrons. The molecule has 1 unspecified atom stereocenters. The van der Waals surface area contributed by atoms with Crippen LogP contribution in [0.2, 0.25) is 0 Å². The third kappa shape index (κ3) is 2.52. The van der Waals surface area contributed by atoms with Crippen molar-refractivity contribution in [1.82, 2.24) is 0 Å². The molecule has 1 atom stereocenters. The van der Waals surface area contributed by atoms with Crippen molar-refractivity contribution in [2.24, 2.45) is 11.3 Å². The number of allylic oxidation sites excluding steroid dienone is 5. The first-order valence-electron chi connectivity index (χ1n) is 5.85. The maximum absolute atomic E-state index is 12.0. The zero-order valence-corrected chi connectivity index (χ0v) is 11.1. The highest BCUT2D eigenvalue weighted by molar-refractivity contribution is 5.98. The molecule has 0 fully saturated rings. The van der Waals surface area contributed by atoms with Gasteiger partial charge in [-0.05, 0) is 36.8 Å². The SMILES string of the molecule is C=C(C)/C=C/C1=C(C)C(=O)C(C)CC1(C)C. The van der Waals surface area contributed by atoms with Gasteiger partial charge in [0.15, 0.2) is 5.78 Å². The van der Waals surface area contributed by atoms with Gasteiger partial charge in [-0.2, -0.15) is 0 Å². The van der Waals surface area contributed by atoms with E-state index in [2.05, 4.69) is 26.5 Å². The van der Waals surface area contributed by atoms with Crippen LogP contribution >= 0.6 is 0 Å². The van der Waals surface area contributed by atoms with E-state index >= 15 is 0 Å². The van der Waals surface area contributed by atoms with Gasteiger partial charge in [0.25, 0.3) is 0 Å². The number of carbonyl (C=O) groups excluding carboxylic acids is 1. The molecule has 1 aliphatic rings. The molecule has 0 aliphatic heterocycles. The quantitative estimate of drug-likeness (QED) is 0.638. The first kappa shape index (κ1) is 13.0. The number of rotatable bonds is 2. The molecule has 0 saturated carbocycles. The van der Waals surface area contributed by atoms with Crippen LogP contribution in [0.3, 0.4) is 0 Å². The number of carbonyl (C=O) groups is 1. The van der Waals surface area contributed by atoms with Gasteiger partial charge in [-0.15, -0.1) is 0 Å². The first-order valence-corrected chi connectivity index (χ1v) is 5.85. The van der Waals surface area contributed by atoms with Crippen LogP contribution in [0.5, 0.6) is 0 Å². The normalized spacial score (nSPS) is 25.3. The van der Waals surface area contributed by atoms with Crippen molar-refractivity contribution in [2.75, 3.05) is 0 Å². The summed E-state index contributed by atoms with van der Waals surface area (Å²) in [7, 11) is 0. The predicted molar refractivity (Wildman–Crippen MR) is 69.2 cm³/mol.